The number of rotatable bonds is 4. The SMILES string of the molecule is COC1(/C=C\c2ccccc2)C(=O)CC/C1=C/c1ccccc1. The Balaban J connectivity index is 1.98. The maximum atomic E-state index is 12.5. The van der Waals surface area contributed by atoms with Gasteiger partial charge in [-0.05, 0) is 29.2 Å². The Bertz CT molecular complexity index is 729. The van der Waals surface area contributed by atoms with Gasteiger partial charge in [-0.2, -0.15) is 0 Å². The zero-order valence-corrected chi connectivity index (χ0v) is 13.2. The molecule has 1 unspecified atom stereocenters. The van der Waals surface area contributed by atoms with Gasteiger partial charge < -0.3 is 4.74 Å². The second-order valence-corrected chi connectivity index (χ2v) is 5.69. The zero-order valence-electron chi connectivity index (χ0n) is 13.2. The lowest BCUT2D eigenvalue weighted by atomic mass is 9.92. The molecular weight excluding hydrogens is 284 g/mol. The van der Waals surface area contributed by atoms with Crippen molar-refractivity contribution >= 4 is 17.9 Å². The van der Waals surface area contributed by atoms with Crippen molar-refractivity contribution in [1.82, 2.24) is 0 Å². The van der Waals surface area contributed by atoms with Crippen molar-refractivity contribution in [3.8, 4) is 0 Å². The van der Waals surface area contributed by atoms with Gasteiger partial charge in [0, 0.05) is 13.5 Å². The highest BCUT2D eigenvalue weighted by Crippen LogP contribution is 2.38. The third-order valence-electron chi connectivity index (χ3n) is 4.29. The lowest BCUT2D eigenvalue weighted by molar-refractivity contribution is -0.129. The summed E-state index contributed by atoms with van der Waals surface area (Å²) in [5.41, 5.74) is 2.23. The van der Waals surface area contributed by atoms with E-state index >= 15 is 0 Å². The number of methoxy groups -OCH3 is 1. The number of hydrogen-bond acceptors (Lipinski definition) is 2. The molecule has 1 fully saturated rings. The summed E-state index contributed by atoms with van der Waals surface area (Å²) in [7, 11) is 1.61. The lowest BCUT2D eigenvalue weighted by Crippen LogP contribution is -2.35. The van der Waals surface area contributed by atoms with Crippen LogP contribution >= 0.6 is 0 Å². The number of carbonyl (C=O) groups excluding carboxylic acids is 1. The average molecular weight is 304 g/mol. The zero-order chi connectivity index (χ0) is 16.1. The number of ketones is 1. The molecule has 0 saturated heterocycles. The predicted octanol–water partition coefficient (Wildman–Crippen LogP) is 4.53. The van der Waals surface area contributed by atoms with Crippen molar-refractivity contribution in [2.24, 2.45) is 0 Å². The molecule has 23 heavy (non-hydrogen) atoms. The van der Waals surface area contributed by atoms with E-state index in [0.717, 1.165) is 23.1 Å². The molecule has 1 aliphatic rings. The molecule has 0 heterocycles. The quantitative estimate of drug-likeness (QED) is 0.829. The molecule has 2 aromatic rings. The summed E-state index contributed by atoms with van der Waals surface area (Å²) in [4.78, 5) is 12.5. The van der Waals surface area contributed by atoms with E-state index in [0.29, 0.717) is 6.42 Å². The van der Waals surface area contributed by atoms with E-state index in [1.165, 1.54) is 0 Å². The van der Waals surface area contributed by atoms with E-state index in [1.807, 2.05) is 72.8 Å². The van der Waals surface area contributed by atoms with Crippen LogP contribution in [0.5, 0.6) is 0 Å². The molecule has 1 saturated carbocycles. The van der Waals surface area contributed by atoms with E-state index in [-0.39, 0.29) is 5.78 Å². The van der Waals surface area contributed by atoms with Crippen LogP contribution in [0, 0.1) is 0 Å². The largest absolute Gasteiger partial charge is 0.362 e. The fourth-order valence-electron chi connectivity index (χ4n) is 3.02. The molecule has 0 aliphatic heterocycles. The number of Topliss-reactive ketones (excluding diaryl/α,β-unsaturated/α-hetero) is 1. The van der Waals surface area contributed by atoms with Crippen LogP contribution in [-0.2, 0) is 9.53 Å². The van der Waals surface area contributed by atoms with Crippen LogP contribution in [0.15, 0.2) is 72.3 Å². The summed E-state index contributed by atoms with van der Waals surface area (Å²) in [6.45, 7) is 0. The van der Waals surface area contributed by atoms with Crippen LogP contribution in [0.2, 0.25) is 0 Å². The second-order valence-electron chi connectivity index (χ2n) is 5.69. The van der Waals surface area contributed by atoms with Crippen LogP contribution in [0.3, 0.4) is 0 Å². The Morgan fingerprint density at radius 2 is 1.52 bits per heavy atom. The first-order valence-electron chi connectivity index (χ1n) is 7.83. The normalized spacial score (nSPS) is 23.0. The third kappa shape index (κ3) is 3.17. The van der Waals surface area contributed by atoms with Crippen molar-refractivity contribution in [3.05, 3.63) is 83.4 Å². The molecule has 1 aliphatic carbocycles. The lowest BCUT2D eigenvalue weighted by Gasteiger charge is -2.24. The van der Waals surface area contributed by atoms with Crippen LogP contribution in [0.4, 0.5) is 0 Å². The number of benzene rings is 2. The summed E-state index contributed by atoms with van der Waals surface area (Å²) in [6.07, 6.45) is 7.19. The molecule has 2 heteroatoms. The maximum absolute atomic E-state index is 12.5. The van der Waals surface area contributed by atoms with E-state index in [9.17, 15) is 4.79 Å². The van der Waals surface area contributed by atoms with Gasteiger partial charge in [-0.1, -0.05) is 72.8 Å². The van der Waals surface area contributed by atoms with Gasteiger partial charge in [0.1, 0.15) is 0 Å². The highest BCUT2D eigenvalue weighted by molar-refractivity contribution is 5.98. The summed E-state index contributed by atoms with van der Waals surface area (Å²) in [6, 6.07) is 20.0. The first kappa shape index (κ1) is 15.4. The molecule has 3 rings (SSSR count). The maximum Gasteiger partial charge on any atom is 0.173 e. The molecule has 0 amide bonds. The van der Waals surface area contributed by atoms with Gasteiger partial charge in [0.15, 0.2) is 11.4 Å². The molecule has 2 aromatic carbocycles. The van der Waals surface area contributed by atoms with E-state index in [4.69, 9.17) is 4.74 Å². The molecule has 0 aromatic heterocycles. The molecular formula is C21H20O2. The van der Waals surface area contributed by atoms with Gasteiger partial charge in [0.2, 0.25) is 0 Å². The van der Waals surface area contributed by atoms with Crippen molar-refractivity contribution in [2.75, 3.05) is 7.11 Å². The van der Waals surface area contributed by atoms with E-state index < -0.39 is 5.60 Å². The number of ether oxygens (including phenoxy) is 1. The molecule has 0 radical (unpaired) electrons. The van der Waals surface area contributed by atoms with Gasteiger partial charge in [0.05, 0.1) is 0 Å². The highest BCUT2D eigenvalue weighted by atomic mass is 16.5. The molecule has 0 spiro atoms. The van der Waals surface area contributed by atoms with Crippen molar-refractivity contribution in [2.45, 2.75) is 18.4 Å². The minimum absolute atomic E-state index is 0.120. The van der Waals surface area contributed by atoms with Crippen LogP contribution in [0.25, 0.3) is 12.2 Å². The van der Waals surface area contributed by atoms with Gasteiger partial charge in [-0.25, -0.2) is 0 Å². The van der Waals surface area contributed by atoms with E-state index in [1.54, 1.807) is 7.11 Å². The summed E-state index contributed by atoms with van der Waals surface area (Å²) < 4.78 is 5.71. The molecule has 2 nitrogen and oxygen atoms in total. The van der Waals surface area contributed by atoms with Gasteiger partial charge in [0.25, 0.3) is 0 Å². The summed E-state index contributed by atoms with van der Waals surface area (Å²) in [5.74, 6) is 0.120. The average Bonchev–Trinajstić information content (AvgIpc) is 2.91. The smallest absolute Gasteiger partial charge is 0.173 e. The topological polar surface area (TPSA) is 26.3 Å². The Labute approximate surface area is 137 Å². The Hall–Kier alpha value is -2.45. The minimum atomic E-state index is -0.939. The first-order chi connectivity index (χ1) is 11.2. The molecule has 116 valence electrons. The Morgan fingerprint density at radius 1 is 0.913 bits per heavy atom. The number of carbonyl (C=O) groups is 1. The van der Waals surface area contributed by atoms with Crippen molar-refractivity contribution in [1.29, 1.82) is 0 Å². The third-order valence-corrected chi connectivity index (χ3v) is 4.29. The standard InChI is InChI=1S/C21H20O2/c1-23-21(15-14-17-8-4-2-5-9-17)19(12-13-20(21)22)16-18-10-6-3-7-11-18/h2-11,14-16H,12-13H2,1H3/b15-14-,19-16-. The Kier molecular flexibility index (Phi) is 4.54. The van der Waals surface area contributed by atoms with E-state index in [2.05, 4.69) is 6.08 Å². The second kappa shape index (κ2) is 6.76. The number of hydrogen-bond donors (Lipinski definition) is 0. The minimum Gasteiger partial charge on any atom is -0.362 e. The molecule has 1 atom stereocenters. The first-order valence-corrected chi connectivity index (χ1v) is 7.83. The monoisotopic (exact) mass is 304 g/mol. The fourth-order valence-corrected chi connectivity index (χ4v) is 3.02. The molecule has 0 N–H and O–H groups in total. The van der Waals surface area contributed by atoms with Crippen LogP contribution < -0.4 is 0 Å². The molecule has 0 bridgehead atoms. The fraction of sp³-hybridized carbons (Fsp3) is 0.190. The summed E-state index contributed by atoms with van der Waals surface area (Å²) >= 11 is 0. The van der Waals surface area contributed by atoms with Crippen LogP contribution in [0.1, 0.15) is 24.0 Å². The summed E-state index contributed by atoms with van der Waals surface area (Å²) in [5, 5.41) is 0. The van der Waals surface area contributed by atoms with Crippen molar-refractivity contribution < 1.29 is 9.53 Å². The predicted molar refractivity (Wildman–Crippen MR) is 93.9 cm³/mol. The van der Waals surface area contributed by atoms with Crippen LogP contribution in [-0.4, -0.2) is 18.5 Å². The van der Waals surface area contributed by atoms with Gasteiger partial charge in [-0.3, -0.25) is 4.79 Å². The Morgan fingerprint density at radius 3 is 2.13 bits per heavy atom. The highest BCUT2D eigenvalue weighted by Gasteiger charge is 2.44. The van der Waals surface area contributed by atoms with Gasteiger partial charge >= 0.3 is 0 Å². The van der Waals surface area contributed by atoms with Crippen molar-refractivity contribution in [3.63, 3.8) is 0 Å². The van der Waals surface area contributed by atoms with Gasteiger partial charge in [-0.15, -0.1) is 0 Å².